The van der Waals surface area contributed by atoms with Gasteiger partial charge in [0, 0.05) is 0 Å². The van der Waals surface area contributed by atoms with Gasteiger partial charge < -0.3 is 11.1 Å². The van der Waals surface area contributed by atoms with Crippen LogP contribution in [-0.2, 0) is 10.0 Å². The van der Waals surface area contributed by atoms with Crippen LogP contribution in [0.4, 0.5) is 21.6 Å². The van der Waals surface area contributed by atoms with Crippen molar-refractivity contribution in [3.05, 3.63) is 46.9 Å². The number of sulfonamides is 1. The van der Waals surface area contributed by atoms with Gasteiger partial charge >= 0.3 is 0 Å². The average molecular weight is 387 g/mol. The number of carbonyl (C=O) groups excluding carboxylic acids is 1. The van der Waals surface area contributed by atoms with E-state index >= 15 is 0 Å². The zero-order valence-corrected chi connectivity index (χ0v) is 14.8. The number of benzene rings is 1. The van der Waals surface area contributed by atoms with Crippen molar-refractivity contribution in [1.29, 1.82) is 0 Å². The Kier molecular flexibility index (Phi) is 5.81. The van der Waals surface area contributed by atoms with Gasteiger partial charge in [-0.3, -0.25) is 9.52 Å². The van der Waals surface area contributed by atoms with E-state index in [1.807, 2.05) is 0 Å². The second-order valence-corrected chi connectivity index (χ2v) is 7.38. The second kappa shape index (κ2) is 7.66. The van der Waals surface area contributed by atoms with Crippen molar-refractivity contribution in [3.63, 3.8) is 0 Å². The number of aromatic nitrogens is 1. The molecule has 0 saturated heterocycles. The van der Waals surface area contributed by atoms with Gasteiger partial charge in [0.25, 0.3) is 5.91 Å². The summed E-state index contributed by atoms with van der Waals surface area (Å²) in [4.78, 5) is 16.1. The number of amides is 1. The van der Waals surface area contributed by atoms with Crippen molar-refractivity contribution in [2.45, 2.75) is 13.3 Å². The molecule has 134 valence electrons. The lowest BCUT2D eigenvalue weighted by atomic mass is 10.1. The zero-order valence-electron chi connectivity index (χ0n) is 13.2. The predicted molar refractivity (Wildman–Crippen MR) is 95.7 cm³/mol. The molecule has 1 aromatic carbocycles. The number of nitrogens with two attached hydrogens (primary N) is 1. The van der Waals surface area contributed by atoms with Crippen molar-refractivity contribution in [3.8, 4) is 0 Å². The van der Waals surface area contributed by atoms with Crippen molar-refractivity contribution in [1.82, 2.24) is 4.98 Å². The summed E-state index contributed by atoms with van der Waals surface area (Å²) < 4.78 is 40.3. The van der Waals surface area contributed by atoms with Crippen LogP contribution in [-0.4, -0.2) is 25.1 Å². The summed E-state index contributed by atoms with van der Waals surface area (Å²) in [5, 5.41) is 2.27. The molecule has 0 saturated carbocycles. The monoisotopic (exact) mass is 386 g/mol. The van der Waals surface area contributed by atoms with E-state index < -0.39 is 27.3 Å². The molecule has 1 heterocycles. The molecule has 2 rings (SSSR count). The third kappa shape index (κ3) is 4.80. The van der Waals surface area contributed by atoms with E-state index in [0.717, 1.165) is 6.07 Å². The van der Waals surface area contributed by atoms with Gasteiger partial charge in [0.15, 0.2) is 5.82 Å². The van der Waals surface area contributed by atoms with Gasteiger partial charge in [0.2, 0.25) is 10.0 Å². The molecule has 4 N–H and O–H groups in total. The minimum absolute atomic E-state index is 0.156. The number of nitrogens with zero attached hydrogens (tertiary/aromatic N) is 1. The Morgan fingerprint density at radius 3 is 2.64 bits per heavy atom. The van der Waals surface area contributed by atoms with E-state index in [2.05, 4.69) is 15.0 Å². The molecule has 10 heteroatoms. The van der Waals surface area contributed by atoms with Crippen molar-refractivity contribution < 1.29 is 17.6 Å². The Morgan fingerprint density at radius 1 is 1.32 bits per heavy atom. The molecular formula is C15H16ClFN4O3S. The molecule has 0 bridgehead atoms. The van der Waals surface area contributed by atoms with Gasteiger partial charge in [-0.05, 0) is 30.7 Å². The number of pyridine rings is 1. The second-order valence-electron chi connectivity index (χ2n) is 5.13. The van der Waals surface area contributed by atoms with E-state index in [1.54, 1.807) is 6.92 Å². The smallest absolute Gasteiger partial charge is 0.260 e. The van der Waals surface area contributed by atoms with Gasteiger partial charge in [0.05, 0.1) is 33.9 Å². The maximum Gasteiger partial charge on any atom is 0.260 e. The zero-order chi connectivity index (χ0) is 18.6. The first kappa shape index (κ1) is 18.9. The number of nitrogens with one attached hydrogen (secondary N) is 2. The van der Waals surface area contributed by atoms with Crippen molar-refractivity contribution in [2.24, 2.45) is 0 Å². The Morgan fingerprint density at radius 2 is 2.04 bits per heavy atom. The SMILES string of the molecule is CCCS(=O)(=O)Nc1ccc(Cl)c(C(=O)Nc2ccc(N)nc2)c1F. The highest BCUT2D eigenvalue weighted by molar-refractivity contribution is 7.92. The van der Waals surface area contributed by atoms with Crippen LogP contribution in [0.2, 0.25) is 5.02 Å². The number of rotatable bonds is 6. The third-order valence-electron chi connectivity index (χ3n) is 3.10. The molecule has 0 aliphatic rings. The fourth-order valence-corrected chi connectivity index (χ4v) is 3.36. The molecule has 0 fully saturated rings. The number of carbonyl (C=O) groups is 1. The van der Waals surface area contributed by atoms with E-state index in [0.29, 0.717) is 6.42 Å². The minimum Gasteiger partial charge on any atom is -0.384 e. The highest BCUT2D eigenvalue weighted by Crippen LogP contribution is 2.27. The topological polar surface area (TPSA) is 114 Å². The maximum atomic E-state index is 14.6. The third-order valence-corrected chi connectivity index (χ3v) is 4.89. The summed E-state index contributed by atoms with van der Waals surface area (Å²) in [5.41, 5.74) is 4.91. The predicted octanol–water partition coefficient (Wildman–Crippen LogP) is 2.86. The van der Waals surface area contributed by atoms with E-state index in [9.17, 15) is 17.6 Å². The quantitative estimate of drug-likeness (QED) is 0.706. The molecule has 25 heavy (non-hydrogen) atoms. The first-order chi connectivity index (χ1) is 11.7. The number of hydrogen-bond donors (Lipinski definition) is 3. The lowest BCUT2D eigenvalue weighted by Crippen LogP contribution is -2.20. The summed E-state index contributed by atoms with van der Waals surface area (Å²) >= 11 is 5.91. The van der Waals surface area contributed by atoms with Gasteiger partial charge in [-0.2, -0.15) is 0 Å². The fourth-order valence-electron chi connectivity index (χ4n) is 2.00. The minimum atomic E-state index is -3.71. The van der Waals surface area contributed by atoms with Crippen LogP contribution in [0.5, 0.6) is 0 Å². The molecule has 0 aliphatic heterocycles. The Hall–Kier alpha value is -2.39. The molecule has 1 aromatic heterocycles. The number of anilines is 3. The fraction of sp³-hybridized carbons (Fsp3) is 0.200. The summed E-state index contributed by atoms with van der Waals surface area (Å²) in [6.07, 6.45) is 1.66. The van der Waals surface area contributed by atoms with Crippen LogP contribution in [0.15, 0.2) is 30.5 Å². The molecular weight excluding hydrogens is 371 g/mol. The Balaban J connectivity index is 2.32. The standard InChI is InChI=1S/C15H16ClFN4O3S/c1-2-7-25(23,24)21-11-5-4-10(16)13(14(11)17)15(22)20-9-3-6-12(18)19-8-9/h3-6,8,21H,2,7H2,1H3,(H2,18,19)(H,20,22). The van der Waals surface area contributed by atoms with Crippen LogP contribution in [0.25, 0.3) is 0 Å². The summed E-state index contributed by atoms with van der Waals surface area (Å²) in [6.45, 7) is 1.68. The molecule has 2 aromatic rings. The summed E-state index contributed by atoms with van der Waals surface area (Å²) in [7, 11) is -3.71. The van der Waals surface area contributed by atoms with Crippen molar-refractivity contribution >= 4 is 44.7 Å². The van der Waals surface area contributed by atoms with Crippen LogP contribution >= 0.6 is 11.6 Å². The Bertz CT molecular complexity index is 888. The van der Waals surface area contributed by atoms with Crippen molar-refractivity contribution in [2.75, 3.05) is 21.5 Å². The number of hydrogen-bond acceptors (Lipinski definition) is 5. The average Bonchev–Trinajstić information content (AvgIpc) is 2.52. The first-order valence-corrected chi connectivity index (χ1v) is 9.28. The van der Waals surface area contributed by atoms with Crippen LogP contribution in [0.1, 0.15) is 23.7 Å². The Labute approximate surface area is 149 Å². The first-order valence-electron chi connectivity index (χ1n) is 7.25. The lowest BCUT2D eigenvalue weighted by Gasteiger charge is -2.12. The van der Waals surface area contributed by atoms with Crippen LogP contribution in [0.3, 0.4) is 0 Å². The van der Waals surface area contributed by atoms with Gasteiger partial charge in [-0.15, -0.1) is 0 Å². The maximum absolute atomic E-state index is 14.6. The van der Waals surface area contributed by atoms with Gasteiger partial charge in [0.1, 0.15) is 5.82 Å². The molecule has 0 aliphatic carbocycles. The van der Waals surface area contributed by atoms with Gasteiger partial charge in [-0.25, -0.2) is 17.8 Å². The summed E-state index contributed by atoms with van der Waals surface area (Å²) in [6, 6.07) is 5.35. The molecule has 7 nitrogen and oxygen atoms in total. The molecule has 1 amide bonds. The summed E-state index contributed by atoms with van der Waals surface area (Å²) in [5.74, 6) is -1.82. The molecule has 0 spiro atoms. The van der Waals surface area contributed by atoms with E-state index in [4.69, 9.17) is 17.3 Å². The highest BCUT2D eigenvalue weighted by atomic mass is 35.5. The van der Waals surface area contributed by atoms with Crippen LogP contribution in [0, 0.1) is 5.82 Å². The lowest BCUT2D eigenvalue weighted by molar-refractivity contribution is 0.102. The normalized spacial score (nSPS) is 11.2. The van der Waals surface area contributed by atoms with E-state index in [1.165, 1.54) is 24.4 Å². The number of halogens is 2. The molecule has 0 unspecified atom stereocenters. The molecule has 0 radical (unpaired) electrons. The van der Waals surface area contributed by atoms with Gasteiger partial charge in [-0.1, -0.05) is 18.5 Å². The van der Waals surface area contributed by atoms with Crippen LogP contribution < -0.4 is 15.8 Å². The highest BCUT2D eigenvalue weighted by Gasteiger charge is 2.22. The number of nitrogen functional groups attached to an aromatic ring is 1. The molecule has 0 atom stereocenters. The largest absolute Gasteiger partial charge is 0.384 e. The van der Waals surface area contributed by atoms with E-state index in [-0.39, 0.29) is 28.0 Å².